The van der Waals surface area contributed by atoms with Crippen molar-refractivity contribution in [3.63, 3.8) is 0 Å². The molecular formula is C29H38N2O5S. The Balaban J connectivity index is 1.51. The van der Waals surface area contributed by atoms with Gasteiger partial charge in [-0.25, -0.2) is 8.42 Å². The molecule has 5 rings (SSSR count). The highest BCUT2D eigenvalue weighted by Gasteiger charge is 2.40. The van der Waals surface area contributed by atoms with Crippen LogP contribution in [0.3, 0.4) is 0 Å². The minimum absolute atomic E-state index is 0.0625. The second-order valence-corrected chi connectivity index (χ2v) is 13.1. The van der Waals surface area contributed by atoms with Crippen molar-refractivity contribution in [2.75, 3.05) is 20.1 Å². The summed E-state index contributed by atoms with van der Waals surface area (Å²) in [6.07, 6.45) is 6.12. The number of ether oxygens (including phenoxy) is 2. The van der Waals surface area contributed by atoms with Gasteiger partial charge in [0, 0.05) is 20.1 Å². The van der Waals surface area contributed by atoms with Crippen LogP contribution in [0.4, 0.5) is 0 Å². The van der Waals surface area contributed by atoms with Crippen molar-refractivity contribution in [3.05, 3.63) is 53.6 Å². The van der Waals surface area contributed by atoms with Crippen LogP contribution in [0.1, 0.15) is 74.7 Å². The number of benzene rings is 2. The van der Waals surface area contributed by atoms with Gasteiger partial charge in [0.05, 0.1) is 16.5 Å². The molecule has 37 heavy (non-hydrogen) atoms. The first-order valence-electron chi connectivity index (χ1n) is 13.5. The fraction of sp³-hybridized carbons (Fsp3) is 0.552. The molecule has 0 aromatic heterocycles. The fourth-order valence-corrected chi connectivity index (χ4v) is 7.54. The molecule has 8 heteroatoms. The lowest BCUT2D eigenvalue weighted by atomic mass is 9.92. The van der Waals surface area contributed by atoms with Gasteiger partial charge in [0.2, 0.25) is 10.0 Å². The molecule has 2 aliphatic heterocycles. The molecular weight excluding hydrogens is 488 g/mol. The minimum Gasteiger partial charge on any atom is -0.488 e. The van der Waals surface area contributed by atoms with Crippen LogP contribution < -0.4 is 9.47 Å². The SMILES string of the molecule is CN1CCCCN(S(=O)(=O)c2ccc3c(c2)CCC(C)(C)O3)[C@@H]2CCCC[C@@H]2Oc2ccccc2C1=O. The molecule has 1 saturated carbocycles. The van der Waals surface area contributed by atoms with Gasteiger partial charge in [-0.15, -0.1) is 0 Å². The van der Waals surface area contributed by atoms with E-state index >= 15 is 0 Å². The number of aryl methyl sites for hydroxylation is 1. The number of nitrogens with zero attached hydrogens (tertiary/aromatic N) is 2. The lowest BCUT2D eigenvalue weighted by molar-refractivity contribution is 0.0657. The van der Waals surface area contributed by atoms with Crippen LogP contribution >= 0.6 is 0 Å². The highest BCUT2D eigenvalue weighted by Crippen LogP contribution is 2.37. The molecule has 2 atom stereocenters. The normalized spacial score (nSPS) is 24.8. The van der Waals surface area contributed by atoms with Crippen molar-refractivity contribution in [2.24, 2.45) is 0 Å². The van der Waals surface area contributed by atoms with E-state index in [1.165, 1.54) is 0 Å². The topological polar surface area (TPSA) is 76.2 Å². The molecule has 0 unspecified atom stereocenters. The van der Waals surface area contributed by atoms with Crippen molar-refractivity contribution in [2.45, 2.75) is 87.9 Å². The predicted octanol–water partition coefficient (Wildman–Crippen LogP) is 5.04. The summed E-state index contributed by atoms with van der Waals surface area (Å²) in [5.41, 5.74) is 1.23. The zero-order valence-electron chi connectivity index (χ0n) is 22.1. The molecule has 7 nitrogen and oxygen atoms in total. The maximum atomic E-state index is 14.2. The summed E-state index contributed by atoms with van der Waals surface area (Å²) >= 11 is 0. The standard InChI is InChI=1S/C29H38N2O5S/c1-29(2)17-16-21-20-22(14-15-25(21)36-29)37(33,34)31-19-9-8-18-30(3)28(32)23-10-4-6-12-26(23)35-27-13-7-5-11-24(27)31/h4,6,10,12,14-15,20,24,27H,5,7-9,11,13,16-19H2,1-3H3/t24-,27+/m1/s1. The van der Waals surface area contributed by atoms with E-state index in [1.807, 2.05) is 24.3 Å². The Bertz CT molecular complexity index is 1260. The predicted molar refractivity (Wildman–Crippen MR) is 143 cm³/mol. The summed E-state index contributed by atoms with van der Waals surface area (Å²) in [6, 6.07) is 12.3. The molecule has 0 N–H and O–H groups in total. The number of hydrogen-bond donors (Lipinski definition) is 0. The van der Waals surface area contributed by atoms with Crippen molar-refractivity contribution in [1.29, 1.82) is 0 Å². The van der Waals surface area contributed by atoms with Gasteiger partial charge in [-0.05, 0) is 94.7 Å². The lowest BCUT2D eigenvalue weighted by Crippen LogP contribution is -2.51. The highest BCUT2D eigenvalue weighted by molar-refractivity contribution is 7.89. The van der Waals surface area contributed by atoms with E-state index in [1.54, 1.807) is 34.5 Å². The molecule has 1 aliphatic carbocycles. The van der Waals surface area contributed by atoms with Crippen LogP contribution in [0.15, 0.2) is 47.4 Å². The Labute approximate surface area is 220 Å². The quantitative estimate of drug-likeness (QED) is 0.548. The molecule has 0 spiro atoms. The third-order valence-corrected chi connectivity index (χ3v) is 9.84. The van der Waals surface area contributed by atoms with Gasteiger partial charge in [-0.1, -0.05) is 18.6 Å². The summed E-state index contributed by atoms with van der Waals surface area (Å²) < 4.78 is 42.7. The number of amides is 1. The Morgan fingerprint density at radius 3 is 2.54 bits per heavy atom. The maximum Gasteiger partial charge on any atom is 0.257 e. The van der Waals surface area contributed by atoms with Gasteiger partial charge in [-0.2, -0.15) is 4.31 Å². The maximum absolute atomic E-state index is 14.2. The molecule has 0 radical (unpaired) electrons. The summed E-state index contributed by atoms with van der Waals surface area (Å²) in [7, 11) is -1.98. The van der Waals surface area contributed by atoms with Gasteiger partial charge in [-0.3, -0.25) is 4.79 Å². The Kier molecular flexibility index (Phi) is 7.24. The van der Waals surface area contributed by atoms with Crippen LogP contribution in [-0.4, -0.2) is 61.4 Å². The smallest absolute Gasteiger partial charge is 0.257 e. The summed E-state index contributed by atoms with van der Waals surface area (Å²) in [6.45, 7) is 5.07. The Morgan fingerprint density at radius 1 is 0.946 bits per heavy atom. The van der Waals surface area contributed by atoms with Crippen LogP contribution in [0.2, 0.25) is 0 Å². The van der Waals surface area contributed by atoms with E-state index in [0.29, 0.717) is 35.7 Å². The highest BCUT2D eigenvalue weighted by atomic mass is 32.2. The average molecular weight is 527 g/mol. The van der Waals surface area contributed by atoms with Crippen LogP contribution in [0.5, 0.6) is 11.5 Å². The average Bonchev–Trinajstić information content (AvgIpc) is 2.87. The number of rotatable bonds is 2. The van der Waals surface area contributed by atoms with Crippen molar-refractivity contribution >= 4 is 15.9 Å². The fourth-order valence-electron chi connectivity index (χ4n) is 5.77. The van der Waals surface area contributed by atoms with E-state index in [9.17, 15) is 13.2 Å². The van der Waals surface area contributed by atoms with Gasteiger partial charge >= 0.3 is 0 Å². The van der Waals surface area contributed by atoms with Crippen molar-refractivity contribution in [1.82, 2.24) is 9.21 Å². The summed E-state index contributed by atoms with van der Waals surface area (Å²) in [4.78, 5) is 15.1. The second-order valence-electron chi connectivity index (χ2n) is 11.2. The van der Waals surface area contributed by atoms with Gasteiger partial charge in [0.15, 0.2) is 0 Å². The molecule has 0 bridgehead atoms. The zero-order valence-corrected chi connectivity index (χ0v) is 22.9. The number of carbonyl (C=O) groups is 1. The van der Waals surface area contributed by atoms with Gasteiger partial charge in [0.1, 0.15) is 23.2 Å². The molecule has 1 fully saturated rings. The lowest BCUT2D eigenvalue weighted by Gasteiger charge is -2.40. The monoisotopic (exact) mass is 526 g/mol. The van der Waals surface area contributed by atoms with E-state index in [-0.39, 0.29) is 23.7 Å². The van der Waals surface area contributed by atoms with E-state index in [0.717, 1.165) is 56.3 Å². The number of fused-ring (bicyclic) bond motifs is 3. The van der Waals surface area contributed by atoms with Crippen LogP contribution in [-0.2, 0) is 16.4 Å². The van der Waals surface area contributed by atoms with E-state index < -0.39 is 10.0 Å². The number of sulfonamides is 1. The molecule has 0 saturated heterocycles. The molecule has 1 amide bonds. The first-order valence-corrected chi connectivity index (χ1v) is 14.9. The Hall–Kier alpha value is -2.58. The number of hydrogen-bond acceptors (Lipinski definition) is 5. The van der Waals surface area contributed by atoms with Gasteiger partial charge < -0.3 is 14.4 Å². The second kappa shape index (κ2) is 10.3. The largest absolute Gasteiger partial charge is 0.488 e. The molecule has 2 heterocycles. The van der Waals surface area contributed by atoms with Crippen LogP contribution in [0.25, 0.3) is 0 Å². The van der Waals surface area contributed by atoms with E-state index in [4.69, 9.17) is 9.47 Å². The minimum atomic E-state index is -3.77. The molecule has 2 aromatic rings. The third kappa shape index (κ3) is 5.36. The molecule has 2 aromatic carbocycles. The summed E-state index contributed by atoms with van der Waals surface area (Å²) in [5, 5.41) is 0. The Morgan fingerprint density at radius 2 is 1.70 bits per heavy atom. The molecule has 200 valence electrons. The van der Waals surface area contributed by atoms with Crippen molar-refractivity contribution < 1.29 is 22.7 Å². The summed E-state index contributed by atoms with van der Waals surface area (Å²) in [5.74, 6) is 1.24. The number of carbonyl (C=O) groups excluding carboxylic acids is 1. The first-order chi connectivity index (χ1) is 17.7. The van der Waals surface area contributed by atoms with Crippen molar-refractivity contribution in [3.8, 4) is 11.5 Å². The van der Waals surface area contributed by atoms with E-state index in [2.05, 4.69) is 13.8 Å². The van der Waals surface area contributed by atoms with Crippen LogP contribution in [0, 0.1) is 0 Å². The first kappa shape index (κ1) is 26.0. The molecule has 3 aliphatic rings. The zero-order chi connectivity index (χ0) is 26.2. The van der Waals surface area contributed by atoms with Gasteiger partial charge in [0.25, 0.3) is 5.91 Å². The number of para-hydroxylation sites is 1. The third-order valence-electron chi connectivity index (χ3n) is 7.92.